The molecule has 2 N–H and O–H groups in total. The lowest BCUT2D eigenvalue weighted by atomic mass is 10.1. The highest BCUT2D eigenvalue weighted by Crippen LogP contribution is 2.10. The van der Waals surface area contributed by atoms with Gasteiger partial charge in [-0.05, 0) is 42.7 Å². The minimum atomic E-state index is 0.664. The van der Waals surface area contributed by atoms with E-state index in [9.17, 15) is 0 Å². The molecule has 0 aliphatic heterocycles. The van der Waals surface area contributed by atoms with Crippen LogP contribution in [0.3, 0.4) is 0 Å². The maximum Gasteiger partial charge on any atom is 0.191 e. The van der Waals surface area contributed by atoms with E-state index in [2.05, 4.69) is 32.7 Å². The molecule has 22 heavy (non-hydrogen) atoms. The third-order valence-corrected chi connectivity index (χ3v) is 3.49. The highest BCUT2D eigenvalue weighted by molar-refractivity contribution is 6.30. The SMILES string of the molecule is CN=C(NCCCc1ccc(Cl)cc1)NCc1ccccn1. The van der Waals surface area contributed by atoms with E-state index in [-0.39, 0.29) is 0 Å². The number of halogens is 1. The summed E-state index contributed by atoms with van der Waals surface area (Å²) < 4.78 is 0. The van der Waals surface area contributed by atoms with Gasteiger partial charge in [-0.25, -0.2) is 0 Å². The minimum absolute atomic E-state index is 0.664. The van der Waals surface area contributed by atoms with E-state index in [4.69, 9.17) is 11.6 Å². The van der Waals surface area contributed by atoms with Crippen molar-refractivity contribution in [3.63, 3.8) is 0 Å². The van der Waals surface area contributed by atoms with E-state index in [1.54, 1.807) is 13.2 Å². The average Bonchev–Trinajstić information content (AvgIpc) is 2.57. The molecule has 0 saturated carbocycles. The summed E-state index contributed by atoms with van der Waals surface area (Å²) in [5.74, 6) is 0.793. The van der Waals surface area contributed by atoms with E-state index in [0.29, 0.717) is 6.54 Å². The fourth-order valence-corrected chi connectivity index (χ4v) is 2.17. The van der Waals surface area contributed by atoms with E-state index in [0.717, 1.165) is 36.1 Å². The number of guanidine groups is 1. The number of nitrogens with zero attached hydrogens (tertiary/aromatic N) is 2. The zero-order valence-electron chi connectivity index (χ0n) is 12.7. The number of benzene rings is 1. The van der Waals surface area contributed by atoms with E-state index in [1.165, 1.54) is 5.56 Å². The van der Waals surface area contributed by atoms with Gasteiger partial charge in [0.1, 0.15) is 0 Å². The predicted molar refractivity (Wildman–Crippen MR) is 92.2 cm³/mol. The van der Waals surface area contributed by atoms with Crippen molar-refractivity contribution in [3.8, 4) is 0 Å². The van der Waals surface area contributed by atoms with Crippen molar-refractivity contribution in [1.82, 2.24) is 15.6 Å². The average molecular weight is 317 g/mol. The number of aromatic nitrogens is 1. The molecule has 0 saturated heterocycles. The van der Waals surface area contributed by atoms with Crippen LogP contribution < -0.4 is 10.6 Å². The lowest BCUT2D eigenvalue weighted by Gasteiger charge is -2.11. The van der Waals surface area contributed by atoms with E-state index >= 15 is 0 Å². The van der Waals surface area contributed by atoms with Gasteiger partial charge in [0.15, 0.2) is 5.96 Å². The number of hydrogen-bond donors (Lipinski definition) is 2. The van der Waals surface area contributed by atoms with Gasteiger partial charge in [0.25, 0.3) is 0 Å². The zero-order valence-corrected chi connectivity index (χ0v) is 13.5. The van der Waals surface area contributed by atoms with Crippen LogP contribution in [0.15, 0.2) is 53.7 Å². The van der Waals surface area contributed by atoms with Crippen molar-refractivity contribution >= 4 is 17.6 Å². The van der Waals surface area contributed by atoms with Crippen LogP contribution in [0.1, 0.15) is 17.7 Å². The lowest BCUT2D eigenvalue weighted by Crippen LogP contribution is -2.37. The van der Waals surface area contributed by atoms with Gasteiger partial charge >= 0.3 is 0 Å². The number of aliphatic imine (C=N–C) groups is 1. The van der Waals surface area contributed by atoms with Gasteiger partial charge in [-0.3, -0.25) is 9.98 Å². The molecule has 1 aromatic heterocycles. The maximum atomic E-state index is 5.88. The van der Waals surface area contributed by atoms with Crippen LogP contribution in [0, 0.1) is 0 Å². The monoisotopic (exact) mass is 316 g/mol. The highest BCUT2D eigenvalue weighted by atomic mass is 35.5. The first-order valence-electron chi connectivity index (χ1n) is 7.37. The molecule has 0 atom stereocenters. The Kier molecular flexibility index (Phi) is 6.71. The second-order valence-electron chi connectivity index (χ2n) is 4.90. The number of pyridine rings is 1. The Hall–Kier alpha value is -2.07. The normalized spacial score (nSPS) is 11.3. The summed E-state index contributed by atoms with van der Waals surface area (Å²) in [6.07, 6.45) is 3.84. The summed E-state index contributed by atoms with van der Waals surface area (Å²) in [5.41, 5.74) is 2.29. The second kappa shape index (κ2) is 9.05. The summed E-state index contributed by atoms with van der Waals surface area (Å²) in [4.78, 5) is 8.48. The summed E-state index contributed by atoms with van der Waals surface area (Å²) in [5, 5.41) is 7.34. The van der Waals surface area contributed by atoms with Crippen LogP contribution in [-0.4, -0.2) is 24.5 Å². The Morgan fingerprint density at radius 1 is 1.14 bits per heavy atom. The van der Waals surface area contributed by atoms with Crippen LogP contribution in [0.4, 0.5) is 0 Å². The Morgan fingerprint density at radius 2 is 1.95 bits per heavy atom. The molecule has 116 valence electrons. The number of hydrogen-bond acceptors (Lipinski definition) is 2. The van der Waals surface area contributed by atoms with Gasteiger partial charge in [0.05, 0.1) is 12.2 Å². The zero-order chi connectivity index (χ0) is 15.6. The number of nitrogens with one attached hydrogen (secondary N) is 2. The lowest BCUT2D eigenvalue weighted by molar-refractivity contribution is 0.738. The first kappa shape index (κ1) is 16.3. The molecule has 1 aromatic carbocycles. The van der Waals surface area contributed by atoms with E-state index < -0.39 is 0 Å². The third-order valence-electron chi connectivity index (χ3n) is 3.23. The first-order valence-corrected chi connectivity index (χ1v) is 7.74. The standard InChI is InChI=1S/C17H21ClN4/c1-19-17(22-13-16-6-2-3-11-20-16)21-12-4-5-14-7-9-15(18)10-8-14/h2-3,6-11H,4-5,12-13H2,1H3,(H2,19,21,22). The van der Waals surface area contributed by atoms with Crippen molar-refractivity contribution in [2.75, 3.05) is 13.6 Å². The fraction of sp³-hybridized carbons (Fsp3) is 0.294. The van der Waals surface area contributed by atoms with Crippen LogP contribution in [-0.2, 0) is 13.0 Å². The summed E-state index contributed by atoms with van der Waals surface area (Å²) in [6.45, 7) is 1.53. The smallest absolute Gasteiger partial charge is 0.191 e. The number of rotatable bonds is 6. The molecule has 2 aromatic rings. The molecule has 2 rings (SSSR count). The molecule has 0 fully saturated rings. The Balaban J connectivity index is 1.67. The molecule has 0 bridgehead atoms. The van der Waals surface area contributed by atoms with Gasteiger partial charge < -0.3 is 10.6 Å². The largest absolute Gasteiger partial charge is 0.356 e. The Morgan fingerprint density at radius 3 is 2.64 bits per heavy atom. The van der Waals surface area contributed by atoms with Gasteiger partial charge in [-0.15, -0.1) is 0 Å². The second-order valence-corrected chi connectivity index (χ2v) is 5.34. The van der Waals surface area contributed by atoms with Gasteiger partial charge in [-0.1, -0.05) is 29.8 Å². The summed E-state index contributed by atoms with van der Waals surface area (Å²) in [6, 6.07) is 13.9. The topological polar surface area (TPSA) is 49.3 Å². The van der Waals surface area contributed by atoms with Crippen LogP contribution in [0.2, 0.25) is 5.02 Å². The highest BCUT2D eigenvalue weighted by Gasteiger charge is 1.99. The maximum absolute atomic E-state index is 5.88. The summed E-state index contributed by atoms with van der Waals surface area (Å²) >= 11 is 5.88. The van der Waals surface area contributed by atoms with E-state index in [1.807, 2.05) is 30.3 Å². The van der Waals surface area contributed by atoms with Crippen LogP contribution in [0.25, 0.3) is 0 Å². The molecule has 4 nitrogen and oxygen atoms in total. The summed E-state index contributed by atoms with van der Waals surface area (Å²) in [7, 11) is 1.77. The number of aryl methyl sites for hydroxylation is 1. The van der Waals surface area contributed by atoms with Crippen LogP contribution in [0.5, 0.6) is 0 Å². The van der Waals surface area contributed by atoms with Gasteiger partial charge in [0.2, 0.25) is 0 Å². The molecule has 5 heteroatoms. The molecule has 0 aliphatic rings. The van der Waals surface area contributed by atoms with Crippen molar-refractivity contribution in [3.05, 3.63) is 64.9 Å². The molecular weight excluding hydrogens is 296 g/mol. The fourth-order valence-electron chi connectivity index (χ4n) is 2.05. The quantitative estimate of drug-likeness (QED) is 0.489. The minimum Gasteiger partial charge on any atom is -0.356 e. The van der Waals surface area contributed by atoms with Crippen molar-refractivity contribution in [2.24, 2.45) is 4.99 Å². The third kappa shape index (κ3) is 5.74. The van der Waals surface area contributed by atoms with Crippen LogP contribution >= 0.6 is 11.6 Å². The predicted octanol–water partition coefficient (Wildman–Crippen LogP) is 3.03. The molecule has 1 heterocycles. The van der Waals surface area contributed by atoms with Gasteiger partial charge in [-0.2, -0.15) is 0 Å². The van der Waals surface area contributed by atoms with Gasteiger partial charge in [0, 0.05) is 24.8 Å². The molecule has 0 unspecified atom stereocenters. The Labute approximate surface area is 136 Å². The molecule has 0 amide bonds. The Bertz CT molecular complexity index is 581. The molecule has 0 aliphatic carbocycles. The van der Waals surface area contributed by atoms with Crippen molar-refractivity contribution in [2.45, 2.75) is 19.4 Å². The molecule has 0 spiro atoms. The molecular formula is C17H21ClN4. The first-order chi connectivity index (χ1) is 10.8. The van der Waals surface area contributed by atoms with Crippen molar-refractivity contribution in [1.29, 1.82) is 0 Å². The molecule has 0 radical (unpaired) electrons. The van der Waals surface area contributed by atoms with Crippen molar-refractivity contribution < 1.29 is 0 Å².